The number of nitrogens with two attached hydrogens (primary N) is 1. The molecule has 16 heavy (non-hydrogen) atoms. The molecule has 2 nitrogen and oxygen atoms in total. The fourth-order valence-corrected chi connectivity index (χ4v) is 3.70. The third kappa shape index (κ3) is 2.57. The second-order valence-corrected chi connectivity index (χ2v) is 6.73. The average Bonchev–Trinajstić information content (AvgIpc) is 2.25. The van der Waals surface area contributed by atoms with Crippen LogP contribution < -0.4 is 5.73 Å². The second kappa shape index (κ2) is 5.74. The molecule has 1 rings (SSSR count). The molecule has 0 saturated heterocycles. The predicted molar refractivity (Wildman–Crippen MR) is 75.0 cm³/mol. The van der Waals surface area contributed by atoms with Crippen molar-refractivity contribution in [1.29, 1.82) is 0 Å². The van der Waals surface area contributed by atoms with Crippen LogP contribution in [0.2, 0.25) is 0 Å². The van der Waals surface area contributed by atoms with Gasteiger partial charge >= 0.3 is 0 Å². The van der Waals surface area contributed by atoms with Crippen LogP contribution >= 0.6 is 11.8 Å². The van der Waals surface area contributed by atoms with E-state index in [-0.39, 0.29) is 5.54 Å². The van der Waals surface area contributed by atoms with Crippen molar-refractivity contribution < 1.29 is 0 Å². The summed E-state index contributed by atoms with van der Waals surface area (Å²) in [4.78, 5) is 2.53. The highest BCUT2D eigenvalue weighted by atomic mass is 32.2. The highest BCUT2D eigenvalue weighted by molar-refractivity contribution is 7.98. The summed E-state index contributed by atoms with van der Waals surface area (Å²) in [5.74, 6) is 1.20. The molecule has 2 N–H and O–H groups in total. The number of likely N-dealkylation sites (N-methyl/N-ethyl adjacent to an activating group) is 1. The molecule has 0 aliphatic heterocycles. The van der Waals surface area contributed by atoms with Crippen molar-refractivity contribution in [3.63, 3.8) is 0 Å². The molecular formula is C13H28N2S. The van der Waals surface area contributed by atoms with Gasteiger partial charge in [0.2, 0.25) is 0 Å². The zero-order valence-electron chi connectivity index (χ0n) is 11.4. The summed E-state index contributed by atoms with van der Waals surface area (Å²) < 4.78 is 0. The molecule has 0 aromatic heterocycles. The smallest absolute Gasteiger partial charge is 0.0379 e. The Bertz CT molecular complexity index is 218. The van der Waals surface area contributed by atoms with E-state index < -0.39 is 0 Å². The number of rotatable bonds is 5. The summed E-state index contributed by atoms with van der Waals surface area (Å²) in [5, 5.41) is 0. The lowest BCUT2D eigenvalue weighted by Gasteiger charge is -2.55. The lowest BCUT2D eigenvalue weighted by atomic mass is 9.62. The largest absolute Gasteiger partial charge is 0.329 e. The molecule has 3 heteroatoms. The van der Waals surface area contributed by atoms with Crippen molar-refractivity contribution >= 4 is 11.8 Å². The molecule has 0 heterocycles. The molecule has 1 aliphatic rings. The van der Waals surface area contributed by atoms with Crippen LogP contribution in [0.1, 0.15) is 39.5 Å². The lowest BCUT2D eigenvalue weighted by Crippen LogP contribution is -2.62. The van der Waals surface area contributed by atoms with Gasteiger partial charge in [-0.25, -0.2) is 0 Å². The van der Waals surface area contributed by atoms with E-state index in [4.69, 9.17) is 5.73 Å². The molecule has 1 unspecified atom stereocenters. The standard InChI is InChI=1S/C13H28N2S/c1-12(2)7-5-6-8-13(12,11-14)15(3)9-10-16-4/h5-11,14H2,1-4H3. The maximum Gasteiger partial charge on any atom is 0.0379 e. The van der Waals surface area contributed by atoms with Crippen LogP contribution in [0.3, 0.4) is 0 Å². The van der Waals surface area contributed by atoms with E-state index in [2.05, 4.69) is 32.1 Å². The first-order valence-corrected chi connectivity index (χ1v) is 7.80. The molecule has 0 radical (unpaired) electrons. The molecule has 0 spiro atoms. The summed E-state index contributed by atoms with van der Waals surface area (Å²) >= 11 is 1.92. The molecule has 0 amide bonds. The van der Waals surface area contributed by atoms with E-state index in [0.717, 1.165) is 13.1 Å². The first kappa shape index (κ1) is 14.3. The minimum atomic E-state index is 0.223. The molecule has 1 atom stereocenters. The summed E-state index contributed by atoms with van der Waals surface area (Å²) in [6.45, 7) is 6.75. The highest BCUT2D eigenvalue weighted by Gasteiger charge is 2.47. The topological polar surface area (TPSA) is 29.3 Å². The Labute approximate surface area is 105 Å². The molecular weight excluding hydrogens is 216 g/mol. The number of hydrogen-bond acceptors (Lipinski definition) is 3. The van der Waals surface area contributed by atoms with Crippen molar-refractivity contribution in [2.24, 2.45) is 11.1 Å². The van der Waals surface area contributed by atoms with Crippen LogP contribution in [0.4, 0.5) is 0 Å². The van der Waals surface area contributed by atoms with Crippen LogP contribution in [0, 0.1) is 5.41 Å². The van der Waals surface area contributed by atoms with Crippen LogP contribution in [-0.2, 0) is 0 Å². The van der Waals surface area contributed by atoms with Gasteiger partial charge in [0.15, 0.2) is 0 Å². The monoisotopic (exact) mass is 244 g/mol. The Morgan fingerprint density at radius 1 is 1.25 bits per heavy atom. The molecule has 0 aromatic carbocycles. The van der Waals surface area contributed by atoms with Crippen molar-refractivity contribution in [2.75, 3.05) is 32.1 Å². The van der Waals surface area contributed by atoms with Gasteiger partial charge in [0.1, 0.15) is 0 Å². The van der Waals surface area contributed by atoms with E-state index >= 15 is 0 Å². The van der Waals surface area contributed by atoms with Gasteiger partial charge in [-0.15, -0.1) is 0 Å². The lowest BCUT2D eigenvalue weighted by molar-refractivity contribution is -0.0252. The Hall–Kier alpha value is 0.270. The van der Waals surface area contributed by atoms with Gasteiger partial charge in [0.25, 0.3) is 0 Å². The number of thioether (sulfide) groups is 1. The third-order valence-electron chi connectivity index (χ3n) is 4.60. The van der Waals surface area contributed by atoms with Crippen LogP contribution in [0.25, 0.3) is 0 Å². The van der Waals surface area contributed by atoms with Gasteiger partial charge in [0.05, 0.1) is 0 Å². The van der Waals surface area contributed by atoms with Crippen LogP contribution in [0.15, 0.2) is 0 Å². The van der Waals surface area contributed by atoms with Crippen molar-refractivity contribution in [1.82, 2.24) is 4.90 Å². The number of nitrogens with zero attached hydrogens (tertiary/aromatic N) is 1. The SMILES string of the molecule is CSCCN(C)C1(CN)CCCCC1(C)C. The summed E-state index contributed by atoms with van der Waals surface area (Å²) in [7, 11) is 2.26. The maximum atomic E-state index is 6.14. The zero-order valence-corrected chi connectivity index (χ0v) is 12.2. The second-order valence-electron chi connectivity index (χ2n) is 5.74. The van der Waals surface area contributed by atoms with E-state index in [0.29, 0.717) is 5.41 Å². The Kier molecular flexibility index (Phi) is 5.14. The molecule has 1 saturated carbocycles. The van der Waals surface area contributed by atoms with Crippen molar-refractivity contribution in [3.05, 3.63) is 0 Å². The Balaban J connectivity index is 2.80. The van der Waals surface area contributed by atoms with Crippen LogP contribution in [0.5, 0.6) is 0 Å². The minimum Gasteiger partial charge on any atom is -0.329 e. The summed E-state index contributed by atoms with van der Waals surface area (Å²) in [6.07, 6.45) is 7.46. The van der Waals surface area contributed by atoms with Gasteiger partial charge in [-0.3, -0.25) is 4.90 Å². The highest BCUT2D eigenvalue weighted by Crippen LogP contribution is 2.46. The summed E-state index contributed by atoms with van der Waals surface area (Å²) in [5.41, 5.74) is 6.72. The van der Waals surface area contributed by atoms with Gasteiger partial charge in [-0.05, 0) is 31.6 Å². The minimum absolute atomic E-state index is 0.223. The van der Waals surface area contributed by atoms with Crippen molar-refractivity contribution in [3.8, 4) is 0 Å². The molecule has 0 aromatic rings. The third-order valence-corrected chi connectivity index (χ3v) is 5.19. The fourth-order valence-electron chi connectivity index (χ4n) is 3.24. The predicted octanol–water partition coefficient (Wildman–Crippen LogP) is 2.58. The van der Waals surface area contributed by atoms with Gasteiger partial charge in [-0.1, -0.05) is 26.7 Å². The van der Waals surface area contributed by atoms with Crippen molar-refractivity contribution in [2.45, 2.75) is 45.1 Å². The van der Waals surface area contributed by atoms with Crippen LogP contribution in [-0.4, -0.2) is 42.6 Å². The fraction of sp³-hybridized carbons (Fsp3) is 1.00. The molecule has 1 fully saturated rings. The number of hydrogen-bond donors (Lipinski definition) is 1. The normalized spacial score (nSPS) is 29.6. The first-order chi connectivity index (χ1) is 7.50. The Morgan fingerprint density at radius 3 is 2.38 bits per heavy atom. The average molecular weight is 244 g/mol. The maximum absolute atomic E-state index is 6.14. The molecule has 0 bridgehead atoms. The molecule has 96 valence electrons. The Morgan fingerprint density at radius 2 is 1.88 bits per heavy atom. The zero-order chi connectivity index (χ0) is 12.2. The van der Waals surface area contributed by atoms with Gasteiger partial charge < -0.3 is 5.73 Å². The quantitative estimate of drug-likeness (QED) is 0.806. The summed E-state index contributed by atoms with van der Waals surface area (Å²) in [6, 6.07) is 0. The van der Waals surface area contributed by atoms with E-state index in [1.165, 1.54) is 31.4 Å². The molecule has 1 aliphatic carbocycles. The van der Waals surface area contributed by atoms with E-state index in [1.54, 1.807) is 0 Å². The van der Waals surface area contributed by atoms with Gasteiger partial charge in [0, 0.05) is 24.4 Å². The van der Waals surface area contributed by atoms with Gasteiger partial charge in [-0.2, -0.15) is 11.8 Å². The first-order valence-electron chi connectivity index (χ1n) is 6.40. The van der Waals surface area contributed by atoms with E-state index in [1.807, 2.05) is 11.8 Å². The van der Waals surface area contributed by atoms with E-state index in [9.17, 15) is 0 Å².